The van der Waals surface area contributed by atoms with Crippen molar-refractivity contribution in [3.8, 4) is 11.3 Å². The Morgan fingerprint density at radius 1 is 1.00 bits per heavy atom. The minimum atomic E-state index is 0.513. The van der Waals surface area contributed by atoms with E-state index in [4.69, 9.17) is 9.72 Å². The summed E-state index contributed by atoms with van der Waals surface area (Å²) in [6, 6.07) is 9.86. The van der Waals surface area contributed by atoms with E-state index in [2.05, 4.69) is 25.9 Å². The minimum Gasteiger partial charge on any atom is -0.378 e. The van der Waals surface area contributed by atoms with Crippen molar-refractivity contribution < 1.29 is 4.74 Å². The Bertz CT molecular complexity index is 965. The Labute approximate surface area is 151 Å². The van der Waals surface area contributed by atoms with Gasteiger partial charge in [0.15, 0.2) is 0 Å². The summed E-state index contributed by atoms with van der Waals surface area (Å²) < 4.78 is 7.55. The van der Waals surface area contributed by atoms with Gasteiger partial charge in [0.2, 0.25) is 0 Å². The van der Waals surface area contributed by atoms with Gasteiger partial charge in [-0.3, -0.25) is 14.6 Å². The zero-order valence-electron chi connectivity index (χ0n) is 14.5. The second-order valence-electron chi connectivity index (χ2n) is 7.79. The van der Waals surface area contributed by atoms with Crippen LogP contribution >= 0.6 is 0 Å². The molecule has 6 heteroatoms. The minimum absolute atomic E-state index is 0.513. The Hall–Kier alpha value is -2.31. The lowest BCUT2D eigenvalue weighted by Gasteiger charge is -2.41. The highest BCUT2D eigenvalue weighted by Crippen LogP contribution is 2.46. The van der Waals surface area contributed by atoms with Gasteiger partial charge in [0.1, 0.15) is 0 Å². The first kappa shape index (κ1) is 14.8. The molecule has 132 valence electrons. The van der Waals surface area contributed by atoms with Gasteiger partial charge in [-0.25, -0.2) is 4.98 Å². The van der Waals surface area contributed by atoms with Gasteiger partial charge in [-0.2, -0.15) is 5.10 Å². The molecule has 0 radical (unpaired) electrons. The molecule has 3 aliphatic rings. The number of rotatable bonds is 3. The molecule has 4 heterocycles. The molecular formula is C20H21N5O. The standard InChI is InChI=1S/C20H21N5O/c1-2-4-18-17(3-1)21-8-19(23-18)14-7-22-25(10-14)20-6-15-5-13(20)9-24(15)16-11-26-12-16/h1-4,7-8,10,13,15-16,20H,5-6,9,11-12H2. The fourth-order valence-electron chi connectivity index (χ4n) is 4.89. The maximum absolute atomic E-state index is 5.38. The topological polar surface area (TPSA) is 56.1 Å². The van der Waals surface area contributed by atoms with Gasteiger partial charge in [0.05, 0.1) is 54.4 Å². The zero-order valence-corrected chi connectivity index (χ0v) is 14.5. The third-order valence-electron chi connectivity index (χ3n) is 6.32. The molecule has 6 nitrogen and oxygen atoms in total. The second-order valence-corrected chi connectivity index (χ2v) is 7.79. The number of nitrogens with zero attached hydrogens (tertiary/aromatic N) is 5. The molecule has 0 N–H and O–H groups in total. The van der Waals surface area contributed by atoms with Crippen LogP contribution in [0.5, 0.6) is 0 Å². The lowest BCUT2D eigenvalue weighted by molar-refractivity contribution is -0.0774. The van der Waals surface area contributed by atoms with E-state index in [1.807, 2.05) is 36.7 Å². The number of hydrogen-bond donors (Lipinski definition) is 0. The van der Waals surface area contributed by atoms with E-state index < -0.39 is 0 Å². The Kier molecular flexibility index (Phi) is 3.19. The smallest absolute Gasteiger partial charge is 0.0924 e. The molecule has 3 fully saturated rings. The van der Waals surface area contributed by atoms with Crippen LogP contribution in [0.15, 0.2) is 42.9 Å². The van der Waals surface area contributed by atoms with Crippen molar-refractivity contribution in [3.63, 3.8) is 0 Å². The molecule has 0 spiro atoms. The molecule has 2 bridgehead atoms. The second kappa shape index (κ2) is 5.59. The van der Waals surface area contributed by atoms with Crippen molar-refractivity contribution in [3.05, 3.63) is 42.9 Å². The lowest BCUT2D eigenvalue weighted by atomic mass is 10.0. The first-order valence-electron chi connectivity index (χ1n) is 9.45. The van der Waals surface area contributed by atoms with E-state index in [9.17, 15) is 0 Å². The van der Waals surface area contributed by atoms with Crippen molar-refractivity contribution in [1.29, 1.82) is 0 Å². The predicted octanol–water partition coefficient (Wildman–Crippen LogP) is 2.53. The van der Waals surface area contributed by atoms with Gasteiger partial charge in [0, 0.05) is 24.3 Å². The van der Waals surface area contributed by atoms with Crippen LogP contribution in [-0.2, 0) is 4.74 Å². The quantitative estimate of drug-likeness (QED) is 0.729. The summed E-state index contributed by atoms with van der Waals surface area (Å²) in [7, 11) is 0. The van der Waals surface area contributed by atoms with Gasteiger partial charge in [-0.15, -0.1) is 0 Å². The van der Waals surface area contributed by atoms with Crippen LogP contribution in [0.4, 0.5) is 0 Å². The fourth-order valence-corrected chi connectivity index (χ4v) is 4.89. The number of ether oxygens (including phenoxy) is 1. The molecule has 3 aromatic rings. The van der Waals surface area contributed by atoms with Crippen LogP contribution < -0.4 is 0 Å². The molecule has 1 saturated carbocycles. The Morgan fingerprint density at radius 2 is 1.88 bits per heavy atom. The largest absolute Gasteiger partial charge is 0.378 e. The highest BCUT2D eigenvalue weighted by molar-refractivity contribution is 5.76. The van der Waals surface area contributed by atoms with E-state index in [1.165, 1.54) is 19.4 Å². The van der Waals surface area contributed by atoms with Gasteiger partial charge in [-0.1, -0.05) is 12.1 Å². The van der Waals surface area contributed by atoms with E-state index >= 15 is 0 Å². The normalized spacial score (nSPS) is 28.7. The number of hydrogen-bond acceptors (Lipinski definition) is 5. The zero-order chi connectivity index (χ0) is 17.1. The van der Waals surface area contributed by atoms with Crippen molar-refractivity contribution >= 4 is 11.0 Å². The maximum atomic E-state index is 5.38. The molecule has 2 saturated heterocycles. The first-order valence-corrected chi connectivity index (χ1v) is 9.45. The average Bonchev–Trinajstić information content (AvgIpc) is 3.35. The molecule has 2 aromatic heterocycles. The number of likely N-dealkylation sites (tertiary alicyclic amines) is 1. The predicted molar refractivity (Wildman–Crippen MR) is 97.6 cm³/mol. The van der Waals surface area contributed by atoms with Crippen LogP contribution in [-0.4, -0.2) is 56.5 Å². The Morgan fingerprint density at radius 3 is 2.65 bits per heavy atom. The third kappa shape index (κ3) is 2.22. The van der Waals surface area contributed by atoms with Crippen molar-refractivity contribution in [2.75, 3.05) is 19.8 Å². The van der Waals surface area contributed by atoms with E-state index in [0.717, 1.165) is 35.5 Å². The average molecular weight is 347 g/mol. The van der Waals surface area contributed by atoms with Crippen LogP contribution in [0.2, 0.25) is 0 Å². The van der Waals surface area contributed by atoms with Gasteiger partial charge >= 0.3 is 0 Å². The summed E-state index contributed by atoms with van der Waals surface area (Å²) >= 11 is 0. The van der Waals surface area contributed by atoms with Crippen LogP contribution in [0, 0.1) is 5.92 Å². The Balaban J connectivity index is 1.25. The summed E-state index contributed by atoms with van der Waals surface area (Å²) in [5.41, 5.74) is 3.80. The van der Waals surface area contributed by atoms with Crippen LogP contribution in [0.1, 0.15) is 18.9 Å². The molecule has 3 atom stereocenters. The van der Waals surface area contributed by atoms with E-state index in [1.54, 1.807) is 0 Å². The molecule has 26 heavy (non-hydrogen) atoms. The lowest BCUT2D eigenvalue weighted by Crippen LogP contribution is -2.52. The van der Waals surface area contributed by atoms with Gasteiger partial charge in [0.25, 0.3) is 0 Å². The molecule has 1 aromatic carbocycles. The first-order chi connectivity index (χ1) is 12.8. The number of benzene rings is 1. The number of fused-ring (bicyclic) bond motifs is 3. The molecular weight excluding hydrogens is 326 g/mol. The molecule has 6 rings (SSSR count). The number of para-hydroxylation sites is 2. The van der Waals surface area contributed by atoms with Crippen molar-refractivity contribution in [2.24, 2.45) is 5.92 Å². The summed E-state index contributed by atoms with van der Waals surface area (Å²) in [6.07, 6.45) is 8.43. The number of aromatic nitrogens is 4. The summed E-state index contributed by atoms with van der Waals surface area (Å²) in [5, 5.41) is 4.68. The SMILES string of the molecule is c1ccc2nc(-c3cnn(C4CC5CC4CN5C4COC4)c3)cnc2c1. The maximum Gasteiger partial charge on any atom is 0.0924 e. The highest BCUT2D eigenvalue weighted by atomic mass is 16.5. The molecule has 1 aliphatic carbocycles. The van der Waals surface area contributed by atoms with E-state index in [-0.39, 0.29) is 0 Å². The van der Waals surface area contributed by atoms with Crippen molar-refractivity contribution in [1.82, 2.24) is 24.6 Å². The number of piperidine rings is 1. The van der Waals surface area contributed by atoms with Gasteiger partial charge < -0.3 is 4.74 Å². The molecule has 2 aliphatic heterocycles. The monoisotopic (exact) mass is 347 g/mol. The van der Waals surface area contributed by atoms with Gasteiger partial charge in [-0.05, 0) is 30.9 Å². The fraction of sp³-hybridized carbons (Fsp3) is 0.450. The molecule has 3 unspecified atom stereocenters. The summed E-state index contributed by atoms with van der Waals surface area (Å²) in [6.45, 7) is 3.02. The molecule has 0 amide bonds. The highest BCUT2D eigenvalue weighted by Gasteiger charge is 2.48. The van der Waals surface area contributed by atoms with Crippen molar-refractivity contribution in [2.45, 2.75) is 31.0 Å². The van der Waals surface area contributed by atoms with Crippen LogP contribution in [0.25, 0.3) is 22.3 Å². The van der Waals surface area contributed by atoms with E-state index in [0.29, 0.717) is 24.0 Å². The third-order valence-corrected chi connectivity index (χ3v) is 6.32. The van der Waals surface area contributed by atoms with Crippen LogP contribution in [0.3, 0.4) is 0 Å². The summed E-state index contributed by atoms with van der Waals surface area (Å²) in [5.74, 6) is 0.705. The summed E-state index contributed by atoms with van der Waals surface area (Å²) in [4.78, 5) is 11.9.